The largest absolute Gasteiger partial charge is 0.320 e. The number of hydrogen-bond acceptors (Lipinski definition) is 2. The van der Waals surface area contributed by atoms with Crippen LogP contribution in [0.25, 0.3) is 0 Å². The zero-order chi connectivity index (χ0) is 11.7. The molecule has 1 aliphatic rings. The van der Waals surface area contributed by atoms with Gasteiger partial charge in [0.05, 0.1) is 11.7 Å². The Morgan fingerprint density at radius 1 is 1.38 bits per heavy atom. The number of rotatable bonds is 1. The van der Waals surface area contributed by atoms with Crippen LogP contribution in [0, 0.1) is 0 Å². The minimum absolute atomic E-state index is 0.00468. The first-order chi connectivity index (χ1) is 7.59. The van der Waals surface area contributed by atoms with Gasteiger partial charge in [-0.05, 0) is 47.0 Å². The van der Waals surface area contributed by atoms with E-state index in [0.717, 1.165) is 34.0 Å². The summed E-state index contributed by atoms with van der Waals surface area (Å²) in [4.78, 5) is 13.7. The third-order valence-corrected chi connectivity index (χ3v) is 3.84. The summed E-state index contributed by atoms with van der Waals surface area (Å²) < 4.78 is 1.87. The minimum Gasteiger partial charge on any atom is -0.320 e. The standard InChI is InChI=1S/C11H12Br2N2O/c12-7-3-4-8(13)10(6-7)15-5-1-2-9(14)11(15)16/h3-4,6,9H,1-2,5,14H2. The van der Waals surface area contributed by atoms with Crippen molar-refractivity contribution >= 4 is 43.5 Å². The fourth-order valence-corrected chi connectivity index (χ4v) is 2.64. The average molecular weight is 348 g/mol. The second kappa shape index (κ2) is 4.85. The van der Waals surface area contributed by atoms with Gasteiger partial charge in [-0.1, -0.05) is 15.9 Å². The Kier molecular flexibility index (Phi) is 3.66. The topological polar surface area (TPSA) is 46.3 Å². The predicted molar refractivity (Wildman–Crippen MR) is 71.4 cm³/mol. The number of anilines is 1. The fourth-order valence-electron chi connectivity index (χ4n) is 1.83. The molecule has 0 radical (unpaired) electrons. The van der Waals surface area contributed by atoms with Crippen molar-refractivity contribution in [3.8, 4) is 0 Å². The molecule has 5 heteroatoms. The third kappa shape index (κ3) is 2.31. The van der Waals surface area contributed by atoms with E-state index >= 15 is 0 Å². The van der Waals surface area contributed by atoms with Crippen LogP contribution >= 0.6 is 31.9 Å². The van der Waals surface area contributed by atoms with Gasteiger partial charge in [0.2, 0.25) is 5.91 Å². The quantitative estimate of drug-likeness (QED) is 0.848. The molecular weight excluding hydrogens is 336 g/mol. The molecule has 0 bridgehead atoms. The molecule has 86 valence electrons. The Hall–Kier alpha value is -0.390. The van der Waals surface area contributed by atoms with E-state index in [-0.39, 0.29) is 11.9 Å². The molecule has 1 amide bonds. The summed E-state index contributed by atoms with van der Waals surface area (Å²) in [6.45, 7) is 0.738. The summed E-state index contributed by atoms with van der Waals surface area (Å²) in [5.41, 5.74) is 6.66. The number of benzene rings is 1. The van der Waals surface area contributed by atoms with Crippen LogP contribution in [0.1, 0.15) is 12.8 Å². The molecule has 3 nitrogen and oxygen atoms in total. The maximum Gasteiger partial charge on any atom is 0.243 e. The first-order valence-electron chi connectivity index (χ1n) is 5.11. The molecule has 1 aromatic rings. The van der Waals surface area contributed by atoms with Crippen LogP contribution in [0.5, 0.6) is 0 Å². The number of nitrogens with zero attached hydrogens (tertiary/aromatic N) is 1. The van der Waals surface area contributed by atoms with Crippen LogP contribution in [-0.4, -0.2) is 18.5 Å². The van der Waals surface area contributed by atoms with Gasteiger partial charge in [-0.15, -0.1) is 0 Å². The maximum atomic E-state index is 12.0. The highest BCUT2D eigenvalue weighted by molar-refractivity contribution is 9.11. The van der Waals surface area contributed by atoms with Crippen molar-refractivity contribution in [1.29, 1.82) is 0 Å². The number of hydrogen-bond donors (Lipinski definition) is 1. The summed E-state index contributed by atoms with van der Waals surface area (Å²) in [6, 6.07) is 5.43. The lowest BCUT2D eigenvalue weighted by Gasteiger charge is -2.31. The molecule has 16 heavy (non-hydrogen) atoms. The monoisotopic (exact) mass is 346 g/mol. The van der Waals surface area contributed by atoms with E-state index in [1.54, 1.807) is 4.90 Å². The van der Waals surface area contributed by atoms with Crippen molar-refractivity contribution in [1.82, 2.24) is 0 Å². The molecular formula is C11H12Br2N2O. The normalized spacial score (nSPS) is 21.3. The van der Waals surface area contributed by atoms with Crippen molar-refractivity contribution in [2.45, 2.75) is 18.9 Å². The number of carbonyl (C=O) groups excluding carboxylic acids is 1. The maximum absolute atomic E-state index is 12.0. The molecule has 1 unspecified atom stereocenters. The van der Waals surface area contributed by atoms with Gasteiger partial charge in [0, 0.05) is 15.5 Å². The van der Waals surface area contributed by atoms with Crippen LogP contribution in [0.15, 0.2) is 27.1 Å². The van der Waals surface area contributed by atoms with E-state index in [2.05, 4.69) is 31.9 Å². The highest BCUT2D eigenvalue weighted by atomic mass is 79.9. The van der Waals surface area contributed by atoms with E-state index in [1.165, 1.54) is 0 Å². The summed E-state index contributed by atoms with van der Waals surface area (Å²) in [5, 5.41) is 0. The zero-order valence-corrected chi connectivity index (χ0v) is 11.8. The second-order valence-corrected chi connectivity index (χ2v) is 5.60. The van der Waals surface area contributed by atoms with E-state index in [9.17, 15) is 4.79 Å². The Morgan fingerprint density at radius 2 is 2.12 bits per heavy atom. The number of carbonyl (C=O) groups is 1. The van der Waals surface area contributed by atoms with Crippen molar-refractivity contribution < 1.29 is 4.79 Å². The van der Waals surface area contributed by atoms with Gasteiger partial charge in [0.25, 0.3) is 0 Å². The molecule has 1 aliphatic heterocycles. The molecule has 1 heterocycles. The lowest BCUT2D eigenvalue weighted by atomic mass is 10.1. The predicted octanol–water partition coefficient (Wildman–Crippen LogP) is 2.67. The Balaban J connectivity index is 2.35. The SMILES string of the molecule is NC1CCCN(c2cc(Br)ccc2Br)C1=O. The molecule has 0 aliphatic carbocycles. The van der Waals surface area contributed by atoms with Gasteiger partial charge < -0.3 is 10.6 Å². The molecule has 1 fully saturated rings. The molecule has 2 rings (SSSR count). The van der Waals surface area contributed by atoms with Gasteiger partial charge >= 0.3 is 0 Å². The molecule has 1 saturated heterocycles. The minimum atomic E-state index is -0.361. The summed E-state index contributed by atoms with van der Waals surface area (Å²) >= 11 is 6.87. The number of piperidine rings is 1. The molecule has 2 N–H and O–H groups in total. The first-order valence-corrected chi connectivity index (χ1v) is 6.70. The van der Waals surface area contributed by atoms with Crippen molar-refractivity contribution in [2.24, 2.45) is 5.73 Å². The van der Waals surface area contributed by atoms with Gasteiger partial charge in [-0.3, -0.25) is 4.79 Å². The Labute approximate surface area is 111 Å². The number of nitrogens with two attached hydrogens (primary N) is 1. The molecule has 0 aromatic heterocycles. The fraction of sp³-hybridized carbons (Fsp3) is 0.364. The smallest absolute Gasteiger partial charge is 0.243 e. The van der Waals surface area contributed by atoms with E-state index in [0.29, 0.717) is 0 Å². The van der Waals surface area contributed by atoms with Crippen molar-refractivity contribution in [3.05, 3.63) is 27.1 Å². The summed E-state index contributed by atoms with van der Waals surface area (Å²) in [5.74, 6) is 0.00468. The van der Waals surface area contributed by atoms with E-state index in [4.69, 9.17) is 5.73 Å². The molecule has 0 saturated carbocycles. The Morgan fingerprint density at radius 3 is 2.88 bits per heavy atom. The number of halogens is 2. The van der Waals surface area contributed by atoms with E-state index < -0.39 is 0 Å². The van der Waals surface area contributed by atoms with Crippen LogP contribution in [0.2, 0.25) is 0 Å². The lowest BCUT2D eigenvalue weighted by molar-refractivity contribution is -0.120. The van der Waals surface area contributed by atoms with Crippen LogP contribution in [-0.2, 0) is 4.79 Å². The van der Waals surface area contributed by atoms with Crippen molar-refractivity contribution in [2.75, 3.05) is 11.4 Å². The first kappa shape index (κ1) is 12.1. The summed E-state index contributed by atoms with van der Waals surface area (Å²) in [6.07, 6.45) is 1.73. The van der Waals surface area contributed by atoms with Gasteiger partial charge in [0.1, 0.15) is 0 Å². The molecule has 0 spiro atoms. The summed E-state index contributed by atoms with van der Waals surface area (Å²) in [7, 11) is 0. The van der Waals surface area contributed by atoms with E-state index in [1.807, 2.05) is 18.2 Å². The molecule has 1 atom stereocenters. The highest BCUT2D eigenvalue weighted by Gasteiger charge is 2.27. The second-order valence-electron chi connectivity index (χ2n) is 3.83. The van der Waals surface area contributed by atoms with Crippen LogP contribution in [0.4, 0.5) is 5.69 Å². The van der Waals surface area contributed by atoms with Gasteiger partial charge in [0.15, 0.2) is 0 Å². The Bertz CT molecular complexity index is 422. The molecule has 1 aromatic carbocycles. The zero-order valence-electron chi connectivity index (χ0n) is 8.62. The lowest BCUT2D eigenvalue weighted by Crippen LogP contribution is -2.48. The third-order valence-electron chi connectivity index (χ3n) is 2.68. The number of amides is 1. The average Bonchev–Trinajstić information content (AvgIpc) is 2.26. The van der Waals surface area contributed by atoms with Gasteiger partial charge in [-0.2, -0.15) is 0 Å². The van der Waals surface area contributed by atoms with Gasteiger partial charge in [-0.25, -0.2) is 0 Å². The highest BCUT2D eigenvalue weighted by Crippen LogP contribution is 2.31. The van der Waals surface area contributed by atoms with Crippen molar-refractivity contribution in [3.63, 3.8) is 0 Å². The van der Waals surface area contributed by atoms with Crippen LogP contribution in [0.3, 0.4) is 0 Å². The van der Waals surface area contributed by atoms with Crippen LogP contribution < -0.4 is 10.6 Å².